The minimum Gasteiger partial charge on any atom is -0.0799 e. The second kappa shape index (κ2) is 5.16. The lowest BCUT2D eigenvalue weighted by atomic mass is 9.61. The van der Waals surface area contributed by atoms with Gasteiger partial charge in [0.05, 0.1) is 0 Å². The summed E-state index contributed by atoms with van der Waals surface area (Å²) >= 11 is 0. The van der Waals surface area contributed by atoms with E-state index in [2.05, 4.69) is 75.3 Å². The molecule has 0 aromatic rings. The lowest BCUT2D eigenvalue weighted by molar-refractivity contribution is 0.0766. The maximum absolute atomic E-state index is 2.43. The van der Waals surface area contributed by atoms with Crippen LogP contribution in [0.1, 0.15) is 75.7 Å². The summed E-state index contributed by atoms with van der Waals surface area (Å²) in [6, 6.07) is 0. The Kier molecular flexibility index (Phi) is 5.08. The first-order chi connectivity index (χ1) is 7.28. The average molecular weight is 238 g/mol. The maximum atomic E-state index is 2.43. The third kappa shape index (κ3) is 5.75. The van der Waals surface area contributed by atoms with E-state index in [9.17, 15) is 0 Å². The van der Waals surface area contributed by atoms with E-state index >= 15 is 0 Å². The smallest absolute Gasteiger partial charge is 0.0142 e. The normalized spacial score (nSPS) is 15.6. The van der Waals surface area contributed by atoms with E-state index in [-0.39, 0.29) is 5.41 Å². The molecule has 0 rings (SSSR count). The fraction of sp³-hybridized carbons (Fsp3) is 0.882. The molecule has 0 aliphatic carbocycles. The number of rotatable bonds is 4. The Balaban J connectivity index is 5.02. The minimum atomic E-state index is 0.271. The molecule has 17 heavy (non-hydrogen) atoms. The van der Waals surface area contributed by atoms with Crippen LogP contribution in [0.4, 0.5) is 0 Å². The highest BCUT2D eigenvalue weighted by molar-refractivity contribution is 5.06. The van der Waals surface area contributed by atoms with Crippen molar-refractivity contribution in [1.82, 2.24) is 0 Å². The summed E-state index contributed by atoms with van der Waals surface area (Å²) in [6.45, 7) is 23.4. The molecule has 0 N–H and O–H groups in total. The van der Waals surface area contributed by atoms with E-state index in [1.165, 1.54) is 12.0 Å². The van der Waals surface area contributed by atoms with Crippen LogP contribution in [0.5, 0.6) is 0 Å². The van der Waals surface area contributed by atoms with Crippen LogP contribution in [-0.2, 0) is 0 Å². The van der Waals surface area contributed by atoms with Crippen LogP contribution in [-0.4, -0.2) is 0 Å². The molecule has 0 heteroatoms. The van der Waals surface area contributed by atoms with Gasteiger partial charge in [0.25, 0.3) is 0 Å². The molecule has 0 bridgehead atoms. The first-order valence-electron chi connectivity index (χ1n) is 6.94. The van der Waals surface area contributed by atoms with Crippen LogP contribution in [0, 0.1) is 22.2 Å². The van der Waals surface area contributed by atoms with Gasteiger partial charge in [-0.2, -0.15) is 0 Å². The van der Waals surface area contributed by atoms with Gasteiger partial charge in [0.2, 0.25) is 0 Å². The monoisotopic (exact) mass is 238 g/mol. The lowest BCUT2D eigenvalue weighted by Gasteiger charge is -2.44. The molecule has 1 atom stereocenters. The third-order valence-corrected chi connectivity index (χ3v) is 3.93. The predicted molar refractivity (Wildman–Crippen MR) is 80.2 cm³/mol. The summed E-state index contributed by atoms with van der Waals surface area (Å²) in [7, 11) is 0. The summed E-state index contributed by atoms with van der Waals surface area (Å²) in [6.07, 6.45) is 3.70. The maximum Gasteiger partial charge on any atom is -0.0142 e. The predicted octanol–water partition coefficient (Wildman–Crippen LogP) is 6.08. The van der Waals surface area contributed by atoms with Crippen LogP contribution in [0.15, 0.2) is 11.6 Å². The van der Waals surface area contributed by atoms with Crippen molar-refractivity contribution < 1.29 is 0 Å². The first-order valence-corrected chi connectivity index (χ1v) is 6.94. The summed E-state index contributed by atoms with van der Waals surface area (Å²) < 4.78 is 0. The van der Waals surface area contributed by atoms with Gasteiger partial charge in [-0.3, -0.25) is 0 Å². The number of hydrogen-bond acceptors (Lipinski definition) is 0. The highest BCUT2D eigenvalue weighted by atomic mass is 14.4. The number of hydrogen-bond donors (Lipinski definition) is 0. The standard InChI is InChI=1S/C17H34/c1-13(2)11-16(7,8)14(3)17(9,10)12-15(4,5)6/h11,14H,12H2,1-10H3. The topological polar surface area (TPSA) is 0 Å². The molecule has 0 spiro atoms. The van der Waals surface area contributed by atoms with Crippen molar-refractivity contribution in [3.8, 4) is 0 Å². The van der Waals surface area contributed by atoms with Crippen molar-refractivity contribution in [2.24, 2.45) is 22.2 Å². The molecule has 0 nitrogen and oxygen atoms in total. The van der Waals surface area contributed by atoms with Crippen molar-refractivity contribution in [1.29, 1.82) is 0 Å². The molecule has 0 saturated carbocycles. The molecule has 0 fully saturated rings. The molecule has 0 aromatic carbocycles. The fourth-order valence-corrected chi connectivity index (χ4v) is 3.40. The molecule has 0 aliphatic rings. The van der Waals surface area contributed by atoms with E-state index in [1.807, 2.05) is 0 Å². The van der Waals surface area contributed by atoms with E-state index in [4.69, 9.17) is 0 Å². The van der Waals surface area contributed by atoms with Crippen LogP contribution < -0.4 is 0 Å². The molecule has 0 aliphatic heterocycles. The summed E-state index contributed by atoms with van der Waals surface area (Å²) in [5.74, 6) is 0.670. The fourth-order valence-electron chi connectivity index (χ4n) is 3.40. The Hall–Kier alpha value is -0.260. The van der Waals surface area contributed by atoms with Gasteiger partial charge in [0.15, 0.2) is 0 Å². The molecule has 0 amide bonds. The SMILES string of the molecule is CC(C)=CC(C)(C)C(C)C(C)(C)CC(C)(C)C. The van der Waals surface area contributed by atoms with Gasteiger partial charge in [-0.1, -0.05) is 67.0 Å². The molecular weight excluding hydrogens is 204 g/mol. The Morgan fingerprint density at radius 3 is 1.65 bits per heavy atom. The Morgan fingerprint density at radius 2 is 1.35 bits per heavy atom. The second-order valence-electron chi connectivity index (χ2n) is 8.49. The van der Waals surface area contributed by atoms with Gasteiger partial charge in [-0.05, 0) is 42.4 Å². The van der Waals surface area contributed by atoms with Gasteiger partial charge in [0.1, 0.15) is 0 Å². The van der Waals surface area contributed by atoms with Crippen LogP contribution in [0.3, 0.4) is 0 Å². The van der Waals surface area contributed by atoms with Crippen molar-refractivity contribution >= 4 is 0 Å². The Morgan fingerprint density at radius 1 is 0.941 bits per heavy atom. The molecular formula is C17H34. The third-order valence-electron chi connectivity index (χ3n) is 3.93. The quantitative estimate of drug-likeness (QED) is 0.521. The largest absolute Gasteiger partial charge is 0.0799 e. The van der Waals surface area contributed by atoms with E-state index in [0.29, 0.717) is 16.7 Å². The Labute approximate surface area is 110 Å². The van der Waals surface area contributed by atoms with E-state index in [0.717, 1.165) is 0 Å². The molecule has 1 unspecified atom stereocenters. The first kappa shape index (κ1) is 16.7. The summed E-state index contributed by atoms with van der Waals surface area (Å²) in [4.78, 5) is 0. The number of allylic oxidation sites excluding steroid dienone is 2. The van der Waals surface area contributed by atoms with E-state index in [1.54, 1.807) is 0 Å². The highest BCUT2D eigenvalue weighted by Gasteiger charge is 2.38. The summed E-state index contributed by atoms with van der Waals surface area (Å²) in [5.41, 5.74) is 2.47. The molecule has 0 saturated heterocycles. The van der Waals surface area contributed by atoms with Gasteiger partial charge in [-0.15, -0.1) is 0 Å². The van der Waals surface area contributed by atoms with Crippen molar-refractivity contribution in [2.45, 2.75) is 75.7 Å². The molecule has 0 aromatic heterocycles. The molecule has 102 valence electrons. The van der Waals surface area contributed by atoms with Gasteiger partial charge in [-0.25, -0.2) is 0 Å². The van der Waals surface area contributed by atoms with Crippen molar-refractivity contribution in [3.63, 3.8) is 0 Å². The zero-order valence-electron chi connectivity index (χ0n) is 13.9. The van der Waals surface area contributed by atoms with E-state index < -0.39 is 0 Å². The molecule has 0 heterocycles. The zero-order valence-corrected chi connectivity index (χ0v) is 13.9. The van der Waals surface area contributed by atoms with Crippen LogP contribution >= 0.6 is 0 Å². The minimum absolute atomic E-state index is 0.271. The van der Waals surface area contributed by atoms with Gasteiger partial charge >= 0.3 is 0 Å². The van der Waals surface area contributed by atoms with Crippen molar-refractivity contribution in [2.75, 3.05) is 0 Å². The second-order valence-corrected chi connectivity index (χ2v) is 8.49. The highest BCUT2D eigenvalue weighted by Crippen LogP contribution is 2.47. The van der Waals surface area contributed by atoms with Crippen LogP contribution in [0.2, 0.25) is 0 Å². The molecule has 0 radical (unpaired) electrons. The zero-order chi connectivity index (χ0) is 14.1. The van der Waals surface area contributed by atoms with Gasteiger partial charge in [0, 0.05) is 0 Å². The average Bonchev–Trinajstić information content (AvgIpc) is 1.95. The van der Waals surface area contributed by atoms with Crippen molar-refractivity contribution in [3.05, 3.63) is 11.6 Å². The Bertz CT molecular complexity index is 267. The summed E-state index contributed by atoms with van der Waals surface area (Å²) in [5, 5.41) is 0. The lowest BCUT2D eigenvalue weighted by Crippen LogP contribution is -2.36. The van der Waals surface area contributed by atoms with Crippen LogP contribution in [0.25, 0.3) is 0 Å². The van der Waals surface area contributed by atoms with Gasteiger partial charge < -0.3 is 0 Å².